The van der Waals surface area contributed by atoms with Gasteiger partial charge in [-0.05, 0) is 6.42 Å². The summed E-state index contributed by atoms with van der Waals surface area (Å²) in [6.45, 7) is 4.63. The molecule has 1 aliphatic heterocycles. The van der Waals surface area contributed by atoms with Crippen LogP contribution in [-0.4, -0.2) is 49.9 Å². The average molecular weight is 216 g/mol. The molecule has 1 saturated heterocycles. The van der Waals surface area contributed by atoms with Gasteiger partial charge in [-0.25, -0.2) is 4.79 Å². The highest BCUT2D eigenvalue weighted by molar-refractivity contribution is 5.68. The van der Waals surface area contributed by atoms with Gasteiger partial charge >= 0.3 is 6.09 Å². The highest BCUT2D eigenvalue weighted by Crippen LogP contribution is 2.08. The summed E-state index contributed by atoms with van der Waals surface area (Å²) >= 11 is 0. The maximum absolute atomic E-state index is 11.6. The second-order valence-corrected chi connectivity index (χ2v) is 3.63. The lowest BCUT2D eigenvalue weighted by atomic mass is 10.2. The van der Waals surface area contributed by atoms with E-state index in [2.05, 4.69) is 6.92 Å². The van der Waals surface area contributed by atoms with Crippen molar-refractivity contribution in [3.63, 3.8) is 0 Å². The molecule has 0 aliphatic carbocycles. The van der Waals surface area contributed by atoms with Gasteiger partial charge in [0.25, 0.3) is 0 Å². The second kappa shape index (κ2) is 6.63. The van der Waals surface area contributed by atoms with Crippen molar-refractivity contribution in [1.82, 2.24) is 4.90 Å². The largest absolute Gasteiger partial charge is 0.449 e. The Morgan fingerprint density at radius 3 is 3.13 bits per heavy atom. The van der Waals surface area contributed by atoms with Crippen molar-refractivity contribution >= 4 is 6.09 Å². The lowest BCUT2D eigenvalue weighted by molar-refractivity contribution is -0.00621. The van der Waals surface area contributed by atoms with Crippen LogP contribution >= 0.6 is 0 Å². The van der Waals surface area contributed by atoms with Gasteiger partial charge < -0.3 is 15.2 Å². The number of hydrogen-bond donors (Lipinski definition) is 1. The molecule has 1 amide bonds. The quantitative estimate of drug-likeness (QED) is 0.698. The smallest absolute Gasteiger partial charge is 0.410 e. The van der Waals surface area contributed by atoms with Crippen molar-refractivity contribution in [2.24, 2.45) is 5.73 Å². The molecule has 1 fully saturated rings. The maximum Gasteiger partial charge on any atom is 0.410 e. The Kier molecular flexibility index (Phi) is 5.42. The van der Waals surface area contributed by atoms with Gasteiger partial charge in [0.15, 0.2) is 0 Å². The molecule has 1 aliphatic rings. The normalized spacial score (nSPS) is 21.5. The zero-order chi connectivity index (χ0) is 11.1. The standard InChI is InChI=1S/C10H20N2O3/c1-2-3-5-15-10(13)12-4-6-14-8-9(12)7-11/h9H,2-8,11H2,1H3. The lowest BCUT2D eigenvalue weighted by Crippen LogP contribution is -2.52. The fourth-order valence-corrected chi connectivity index (χ4v) is 1.48. The molecule has 0 aromatic rings. The Balaban J connectivity index is 2.34. The second-order valence-electron chi connectivity index (χ2n) is 3.63. The van der Waals surface area contributed by atoms with E-state index in [0.717, 1.165) is 12.8 Å². The number of ether oxygens (including phenoxy) is 2. The Morgan fingerprint density at radius 2 is 2.47 bits per heavy atom. The van der Waals surface area contributed by atoms with Gasteiger partial charge in [0.1, 0.15) is 0 Å². The first-order chi connectivity index (χ1) is 7.29. The summed E-state index contributed by atoms with van der Waals surface area (Å²) in [7, 11) is 0. The number of hydrogen-bond acceptors (Lipinski definition) is 4. The van der Waals surface area contributed by atoms with E-state index in [1.807, 2.05) is 0 Å². The first kappa shape index (κ1) is 12.3. The summed E-state index contributed by atoms with van der Waals surface area (Å²) in [6.07, 6.45) is 1.67. The predicted molar refractivity (Wildman–Crippen MR) is 56.6 cm³/mol. The van der Waals surface area contributed by atoms with E-state index in [1.54, 1.807) is 4.90 Å². The first-order valence-electron chi connectivity index (χ1n) is 5.50. The van der Waals surface area contributed by atoms with Crippen molar-refractivity contribution in [2.45, 2.75) is 25.8 Å². The molecule has 0 aromatic carbocycles. The Morgan fingerprint density at radius 1 is 1.67 bits per heavy atom. The van der Waals surface area contributed by atoms with Crippen LogP contribution in [0, 0.1) is 0 Å². The number of nitrogens with two attached hydrogens (primary N) is 1. The zero-order valence-corrected chi connectivity index (χ0v) is 9.28. The van der Waals surface area contributed by atoms with E-state index < -0.39 is 0 Å². The average Bonchev–Trinajstić information content (AvgIpc) is 2.29. The molecule has 1 rings (SSSR count). The SMILES string of the molecule is CCCCOC(=O)N1CCOCC1CN. The molecular weight excluding hydrogens is 196 g/mol. The van der Waals surface area contributed by atoms with Crippen LogP contribution < -0.4 is 5.73 Å². The summed E-state index contributed by atoms with van der Waals surface area (Å²) in [5.41, 5.74) is 5.56. The minimum absolute atomic E-state index is 0.0344. The molecule has 88 valence electrons. The predicted octanol–water partition coefficient (Wildman–Crippen LogP) is 0.583. The molecule has 5 nitrogen and oxygen atoms in total. The third kappa shape index (κ3) is 3.68. The van der Waals surface area contributed by atoms with Gasteiger partial charge in [-0.2, -0.15) is 0 Å². The minimum Gasteiger partial charge on any atom is -0.449 e. The van der Waals surface area contributed by atoms with Gasteiger partial charge in [0.05, 0.1) is 25.9 Å². The molecule has 0 saturated carbocycles. The number of morpholine rings is 1. The molecule has 1 atom stereocenters. The third-order valence-corrected chi connectivity index (χ3v) is 2.46. The van der Waals surface area contributed by atoms with Crippen LogP contribution in [0.15, 0.2) is 0 Å². The van der Waals surface area contributed by atoms with Crippen LogP contribution in [0.25, 0.3) is 0 Å². The van der Waals surface area contributed by atoms with Crippen molar-refractivity contribution in [2.75, 3.05) is 32.9 Å². The highest BCUT2D eigenvalue weighted by atomic mass is 16.6. The van der Waals surface area contributed by atoms with Crippen molar-refractivity contribution < 1.29 is 14.3 Å². The fraction of sp³-hybridized carbons (Fsp3) is 0.900. The Bertz CT molecular complexity index is 199. The molecule has 15 heavy (non-hydrogen) atoms. The molecule has 1 unspecified atom stereocenters. The topological polar surface area (TPSA) is 64.8 Å². The molecule has 0 aromatic heterocycles. The summed E-state index contributed by atoms with van der Waals surface area (Å²) < 4.78 is 10.4. The fourth-order valence-electron chi connectivity index (χ4n) is 1.48. The monoisotopic (exact) mass is 216 g/mol. The van der Waals surface area contributed by atoms with Gasteiger partial charge in [-0.15, -0.1) is 0 Å². The van der Waals surface area contributed by atoms with Crippen LogP contribution in [-0.2, 0) is 9.47 Å². The minimum atomic E-state index is -0.262. The molecule has 1 heterocycles. The van der Waals surface area contributed by atoms with Crippen LogP contribution in [0.2, 0.25) is 0 Å². The number of carbonyl (C=O) groups excluding carboxylic acids is 1. The van der Waals surface area contributed by atoms with Crippen LogP contribution in [0.3, 0.4) is 0 Å². The van der Waals surface area contributed by atoms with Crippen LogP contribution in [0.1, 0.15) is 19.8 Å². The first-order valence-corrected chi connectivity index (χ1v) is 5.50. The Labute approximate surface area is 90.5 Å². The number of rotatable bonds is 4. The van der Waals surface area contributed by atoms with Crippen molar-refractivity contribution in [1.29, 1.82) is 0 Å². The van der Waals surface area contributed by atoms with E-state index >= 15 is 0 Å². The zero-order valence-electron chi connectivity index (χ0n) is 9.28. The lowest BCUT2D eigenvalue weighted by Gasteiger charge is -2.33. The molecule has 0 bridgehead atoms. The van der Waals surface area contributed by atoms with Gasteiger partial charge in [0.2, 0.25) is 0 Å². The molecule has 2 N–H and O–H groups in total. The van der Waals surface area contributed by atoms with E-state index in [-0.39, 0.29) is 12.1 Å². The van der Waals surface area contributed by atoms with Crippen molar-refractivity contribution in [3.05, 3.63) is 0 Å². The van der Waals surface area contributed by atoms with E-state index in [9.17, 15) is 4.79 Å². The highest BCUT2D eigenvalue weighted by Gasteiger charge is 2.27. The van der Waals surface area contributed by atoms with E-state index in [4.69, 9.17) is 15.2 Å². The summed E-state index contributed by atoms with van der Waals surface area (Å²) in [4.78, 5) is 13.3. The molecule has 5 heteroatoms. The van der Waals surface area contributed by atoms with E-state index in [1.165, 1.54) is 0 Å². The van der Waals surface area contributed by atoms with Gasteiger partial charge in [0, 0.05) is 13.1 Å². The summed E-state index contributed by atoms with van der Waals surface area (Å²) in [6, 6.07) is -0.0344. The van der Waals surface area contributed by atoms with Crippen LogP contribution in [0.4, 0.5) is 4.79 Å². The summed E-state index contributed by atoms with van der Waals surface area (Å²) in [5.74, 6) is 0. The van der Waals surface area contributed by atoms with Crippen molar-refractivity contribution in [3.8, 4) is 0 Å². The number of carbonyl (C=O) groups is 1. The third-order valence-electron chi connectivity index (χ3n) is 2.46. The maximum atomic E-state index is 11.6. The Hall–Kier alpha value is -0.810. The van der Waals surface area contributed by atoms with Gasteiger partial charge in [-0.3, -0.25) is 4.90 Å². The molecule has 0 radical (unpaired) electrons. The number of nitrogens with zero attached hydrogens (tertiary/aromatic N) is 1. The number of amides is 1. The summed E-state index contributed by atoms with van der Waals surface area (Å²) in [5, 5.41) is 0. The molecular formula is C10H20N2O3. The van der Waals surface area contributed by atoms with Crippen LogP contribution in [0.5, 0.6) is 0 Å². The molecule has 0 spiro atoms. The van der Waals surface area contributed by atoms with Gasteiger partial charge in [-0.1, -0.05) is 13.3 Å². The van der Waals surface area contributed by atoms with E-state index in [0.29, 0.717) is 32.9 Å². The number of unbranched alkanes of at least 4 members (excludes halogenated alkanes) is 1.